The van der Waals surface area contributed by atoms with Crippen LogP contribution in [0.2, 0.25) is 0 Å². The van der Waals surface area contributed by atoms with Crippen LogP contribution in [0.1, 0.15) is 5.56 Å². The maximum Gasteiger partial charge on any atom is 0.123 e. The van der Waals surface area contributed by atoms with E-state index in [9.17, 15) is 0 Å². The lowest BCUT2D eigenvalue weighted by Crippen LogP contribution is -1.83. The topological polar surface area (TPSA) is 53.2 Å². The van der Waals surface area contributed by atoms with E-state index in [0.29, 0.717) is 11.3 Å². The molecule has 1 N–H and O–H groups in total. The molecule has 0 aliphatic rings. The molecule has 3 nitrogen and oxygen atoms in total. The zero-order chi connectivity index (χ0) is 8.27. The number of hydrogen-bond donors (Lipinski definition) is 1. The lowest BCUT2D eigenvalue weighted by atomic mass is 10.2. The van der Waals surface area contributed by atoms with Crippen molar-refractivity contribution in [3.63, 3.8) is 0 Å². The van der Waals surface area contributed by atoms with Crippen molar-refractivity contribution in [2.45, 2.75) is 0 Å². The number of phenols is 1. The van der Waals surface area contributed by atoms with Gasteiger partial charge in [0.2, 0.25) is 0 Å². The number of benzene rings is 1. The molecule has 1 aromatic carbocycles. The van der Waals surface area contributed by atoms with Gasteiger partial charge in [-0.25, -0.2) is 0 Å². The van der Waals surface area contributed by atoms with Crippen molar-refractivity contribution < 1.29 is 9.84 Å². The molecule has 0 heterocycles. The number of rotatable bonds is 1. The summed E-state index contributed by atoms with van der Waals surface area (Å²) in [4.78, 5) is 0. The van der Waals surface area contributed by atoms with E-state index < -0.39 is 0 Å². The maximum absolute atomic E-state index is 9.02. The van der Waals surface area contributed by atoms with Gasteiger partial charge in [-0.15, -0.1) is 0 Å². The van der Waals surface area contributed by atoms with Crippen LogP contribution in [0.15, 0.2) is 18.2 Å². The van der Waals surface area contributed by atoms with Crippen LogP contribution in [-0.4, -0.2) is 12.2 Å². The molecule has 0 saturated heterocycles. The van der Waals surface area contributed by atoms with Crippen molar-refractivity contribution in [2.24, 2.45) is 0 Å². The third kappa shape index (κ3) is 1.62. The van der Waals surface area contributed by atoms with Crippen molar-refractivity contribution in [3.8, 4) is 17.6 Å². The standard InChI is InChI=1S/C8H7NO2/c1-11-8-3-6(5-9)2-7(10)4-8/h2-4,10H,1H3. The highest BCUT2D eigenvalue weighted by atomic mass is 16.5. The van der Waals surface area contributed by atoms with E-state index in [4.69, 9.17) is 15.1 Å². The summed E-state index contributed by atoms with van der Waals surface area (Å²) >= 11 is 0. The normalized spacial score (nSPS) is 8.73. The molecule has 0 aromatic heterocycles. The summed E-state index contributed by atoms with van der Waals surface area (Å²) in [6, 6.07) is 6.28. The lowest BCUT2D eigenvalue weighted by molar-refractivity contribution is 0.407. The monoisotopic (exact) mass is 149 g/mol. The van der Waals surface area contributed by atoms with Crippen molar-refractivity contribution in [1.82, 2.24) is 0 Å². The molecule has 0 saturated carbocycles. The summed E-state index contributed by atoms with van der Waals surface area (Å²) in [5, 5.41) is 17.5. The first kappa shape index (κ1) is 7.42. The molecule has 0 atom stereocenters. The first-order chi connectivity index (χ1) is 5.26. The fourth-order valence-corrected chi connectivity index (χ4v) is 0.766. The van der Waals surface area contributed by atoms with Gasteiger partial charge in [0, 0.05) is 6.07 Å². The van der Waals surface area contributed by atoms with Crippen molar-refractivity contribution in [1.29, 1.82) is 5.26 Å². The molecule has 0 bridgehead atoms. The Morgan fingerprint density at radius 1 is 1.45 bits per heavy atom. The second kappa shape index (κ2) is 2.93. The Kier molecular flexibility index (Phi) is 1.98. The minimum Gasteiger partial charge on any atom is -0.508 e. The van der Waals surface area contributed by atoms with Gasteiger partial charge in [0.15, 0.2) is 0 Å². The Labute approximate surface area is 64.5 Å². The smallest absolute Gasteiger partial charge is 0.123 e. The van der Waals surface area contributed by atoms with Gasteiger partial charge in [-0.05, 0) is 12.1 Å². The van der Waals surface area contributed by atoms with E-state index in [1.807, 2.05) is 6.07 Å². The SMILES string of the molecule is COc1cc(O)cc(C#N)c1. The highest BCUT2D eigenvalue weighted by molar-refractivity contribution is 5.42. The fourth-order valence-electron chi connectivity index (χ4n) is 0.766. The molecule has 0 unspecified atom stereocenters. The minimum absolute atomic E-state index is 0.0425. The minimum atomic E-state index is 0.0425. The van der Waals surface area contributed by atoms with Crippen LogP contribution in [0.25, 0.3) is 0 Å². The summed E-state index contributed by atoms with van der Waals surface area (Å²) in [5.41, 5.74) is 0.391. The van der Waals surface area contributed by atoms with E-state index in [0.717, 1.165) is 0 Å². The second-order valence-corrected chi connectivity index (χ2v) is 2.03. The molecule has 56 valence electrons. The van der Waals surface area contributed by atoms with Crippen molar-refractivity contribution in [3.05, 3.63) is 23.8 Å². The number of nitrogens with zero attached hydrogens (tertiary/aromatic N) is 1. The average Bonchev–Trinajstić information content (AvgIpc) is 2.03. The lowest BCUT2D eigenvalue weighted by Gasteiger charge is -1.99. The van der Waals surface area contributed by atoms with Gasteiger partial charge in [-0.1, -0.05) is 0 Å². The number of aromatic hydroxyl groups is 1. The van der Waals surface area contributed by atoms with Gasteiger partial charge in [-0.3, -0.25) is 0 Å². The fraction of sp³-hybridized carbons (Fsp3) is 0.125. The quantitative estimate of drug-likeness (QED) is 0.654. The van der Waals surface area contributed by atoms with E-state index in [-0.39, 0.29) is 5.75 Å². The summed E-state index contributed by atoms with van der Waals surface area (Å²) in [5.74, 6) is 0.530. The Balaban J connectivity index is 3.15. The maximum atomic E-state index is 9.02. The van der Waals surface area contributed by atoms with E-state index >= 15 is 0 Å². The Bertz CT molecular complexity index is 301. The number of hydrogen-bond acceptors (Lipinski definition) is 3. The zero-order valence-electron chi connectivity index (χ0n) is 6.03. The summed E-state index contributed by atoms with van der Waals surface area (Å²) in [7, 11) is 1.48. The van der Waals surface area contributed by atoms with Crippen LogP contribution in [0.3, 0.4) is 0 Å². The summed E-state index contributed by atoms with van der Waals surface area (Å²) < 4.78 is 4.83. The molecule has 0 radical (unpaired) electrons. The Morgan fingerprint density at radius 2 is 2.18 bits per heavy atom. The largest absolute Gasteiger partial charge is 0.508 e. The molecule has 0 amide bonds. The van der Waals surface area contributed by atoms with E-state index in [2.05, 4.69) is 0 Å². The van der Waals surface area contributed by atoms with Crippen LogP contribution in [0.5, 0.6) is 11.5 Å². The second-order valence-electron chi connectivity index (χ2n) is 2.03. The molecule has 1 rings (SSSR count). The van der Waals surface area contributed by atoms with E-state index in [1.54, 1.807) is 6.07 Å². The van der Waals surface area contributed by atoms with Crippen LogP contribution in [-0.2, 0) is 0 Å². The molecular formula is C8H7NO2. The van der Waals surface area contributed by atoms with Crippen LogP contribution in [0.4, 0.5) is 0 Å². The first-order valence-electron chi connectivity index (χ1n) is 3.04. The third-order valence-corrected chi connectivity index (χ3v) is 1.26. The van der Waals surface area contributed by atoms with Gasteiger partial charge in [0.25, 0.3) is 0 Å². The van der Waals surface area contributed by atoms with Gasteiger partial charge in [0.1, 0.15) is 11.5 Å². The molecular weight excluding hydrogens is 142 g/mol. The van der Waals surface area contributed by atoms with Crippen LogP contribution >= 0.6 is 0 Å². The molecule has 11 heavy (non-hydrogen) atoms. The third-order valence-electron chi connectivity index (χ3n) is 1.26. The van der Waals surface area contributed by atoms with Crippen molar-refractivity contribution in [2.75, 3.05) is 7.11 Å². The van der Waals surface area contributed by atoms with Crippen LogP contribution < -0.4 is 4.74 Å². The van der Waals surface area contributed by atoms with Gasteiger partial charge >= 0.3 is 0 Å². The molecule has 1 aromatic rings. The number of methoxy groups -OCH3 is 1. The number of nitriles is 1. The zero-order valence-corrected chi connectivity index (χ0v) is 6.03. The van der Waals surface area contributed by atoms with E-state index in [1.165, 1.54) is 19.2 Å². The van der Waals surface area contributed by atoms with Gasteiger partial charge in [-0.2, -0.15) is 5.26 Å². The molecule has 0 aliphatic heterocycles. The predicted octanol–water partition coefficient (Wildman–Crippen LogP) is 1.27. The molecule has 3 heteroatoms. The Morgan fingerprint density at radius 3 is 2.73 bits per heavy atom. The highest BCUT2D eigenvalue weighted by Gasteiger charge is 1.97. The summed E-state index contributed by atoms with van der Waals surface area (Å²) in [6.07, 6.45) is 0. The Hall–Kier alpha value is -1.69. The molecule has 0 spiro atoms. The number of ether oxygens (including phenoxy) is 1. The summed E-state index contributed by atoms with van der Waals surface area (Å²) in [6.45, 7) is 0. The van der Waals surface area contributed by atoms with Gasteiger partial charge < -0.3 is 9.84 Å². The van der Waals surface area contributed by atoms with Gasteiger partial charge in [0.05, 0.1) is 18.7 Å². The average molecular weight is 149 g/mol. The highest BCUT2D eigenvalue weighted by Crippen LogP contribution is 2.20. The predicted molar refractivity (Wildman–Crippen MR) is 39.4 cm³/mol. The molecule has 0 aliphatic carbocycles. The molecule has 0 fully saturated rings. The number of phenolic OH excluding ortho intramolecular Hbond substituents is 1. The van der Waals surface area contributed by atoms with Crippen LogP contribution in [0, 0.1) is 11.3 Å². The van der Waals surface area contributed by atoms with Crippen molar-refractivity contribution >= 4 is 0 Å². The first-order valence-corrected chi connectivity index (χ1v) is 3.04.